The summed E-state index contributed by atoms with van der Waals surface area (Å²) in [6.07, 6.45) is 3.47. The average molecular weight is 703 g/mol. The van der Waals surface area contributed by atoms with Gasteiger partial charge in [0.25, 0.3) is 11.8 Å². The van der Waals surface area contributed by atoms with Crippen LogP contribution in [0.2, 0.25) is 0 Å². The fourth-order valence-corrected chi connectivity index (χ4v) is 6.52. The summed E-state index contributed by atoms with van der Waals surface area (Å²) in [6.45, 7) is 2.33. The number of amides is 2. The lowest BCUT2D eigenvalue weighted by Gasteiger charge is -2.31. The minimum atomic E-state index is -0.409. The lowest BCUT2D eigenvalue weighted by atomic mass is 9.97. The van der Waals surface area contributed by atoms with Gasteiger partial charge in [-0.1, -0.05) is 77.0 Å². The topological polar surface area (TPSA) is 118 Å². The second kappa shape index (κ2) is 15.9. The first-order chi connectivity index (χ1) is 25.4. The van der Waals surface area contributed by atoms with E-state index in [0.717, 1.165) is 36.8 Å². The van der Waals surface area contributed by atoms with Crippen LogP contribution >= 0.6 is 0 Å². The van der Waals surface area contributed by atoms with Crippen LogP contribution in [0.5, 0.6) is 0 Å². The summed E-state index contributed by atoms with van der Waals surface area (Å²) >= 11 is 0. The molecule has 0 bridgehead atoms. The monoisotopic (exact) mass is 702 g/mol. The Morgan fingerprint density at radius 1 is 0.577 bits per heavy atom. The molecule has 2 saturated heterocycles. The van der Waals surface area contributed by atoms with Crippen molar-refractivity contribution >= 4 is 11.8 Å². The van der Waals surface area contributed by atoms with Crippen LogP contribution in [0.4, 0.5) is 8.78 Å². The van der Waals surface area contributed by atoms with E-state index in [-0.39, 0.29) is 29.5 Å². The normalized spacial score (nSPS) is 17.3. The van der Waals surface area contributed by atoms with Crippen LogP contribution in [0.1, 0.15) is 70.0 Å². The van der Waals surface area contributed by atoms with Gasteiger partial charge in [-0.3, -0.25) is 9.59 Å². The van der Waals surface area contributed by atoms with Crippen molar-refractivity contribution in [1.29, 1.82) is 0 Å². The molecule has 2 aromatic heterocycles. The van der Waals surface area contributed by atoms with E-state index in [4.69, 9.17) is 9.05 Å². The van der Waals surface area contributed by atoms with Gasteiger partial charge in [-0.15, -0.1) is 0 Å². The molecule has 0 radical (unpaired) electrons. The molecule has 4 heterocycles. The second-order valence-electron chi connectivity index (χ2n) is 12.8. The molecule has 2 unspecified atom stereocenters. The molecule has 2 aliphatic rings. The highest BCUT2D eigenvalue weighted by Crippen LogP contribution is 2.30. The molecule has 8 rings (SSSR count). The van der Waals surface area contributed by atoms with Crippen molar-refractivity contribution in [3.63, 3.8) is 0 Å². The van der Waals surface area contributed by atoms with E-state index >= 15 is 0 Å². The highest BCUT2D eigenvalue weighted by Gasteiger charge is 2.30. The average Bonchev–Trinajstić information content (AvgIpc) is 3.91. The van der Waals surface area contributed by atoms with E-state index in [1.165, 1.54) is 36.4 Å². The largest absolute Gasteiger partial charge is 0.339 e. The number of likely N-dealkylation sites (tertiary alicyclic amines) is 2. The Hall–Kier alpha value is -6.04. The van der Waals surface area contributed by atoms with Gasteiger partial charge in [-0.2, -0.15) is 9.97 Å². The van der Waals surface area contributed by atoms with Gasteiger partial charge in [0, 0.05) is 48.4 Å². The molecule has 52 heavy (non-hydrogen) atoms. The maximum atomic E-state index is 13.4. The molecular formula is C40H36F2N6O4. The van der Waals surface area contributed by atoms with Crippen LogP contribution in [0.15, 0.2) is 118 Å². The van der Waals surface area contributed by atoms with Crippen LogP contribution in [0, 0.1) is 11.6 Å². The van der Waals surface area contributed by atoms with Gasteiger partial charge in [0.05, 0.1) is 11.8 Å². The highest BCUT2D eigenvalue weighted by atomic mass is 19.1. The number of benzene rings is 4. The number of carbonyl (C=O) groups excluding carboxylic acids is 2. The zero-order chi connectivity index (χ0) is 35.9. The highest BCUT2D eigenvalue weighted by molar-refractivity contribution is 5.94. The Morgan fingerprint density at radius 2 is 1.08 bits per heavy atom. The number of halogens is 2. The minimum absolute atomic E-state index is 0.00813. The number of carbonyl (C=O) groups is 2. The Morgan fingerprint density at radius 3 is 1.58 bits per heavy atom. The first-order valence-electron chi connectivity index (χ1n) is 17.3. The molecule has 4 aromatic carbocycles. The maximum Gasteiger partial charge on any atom is 0.253 e. The van der Waals surface area contributed by atoms with Crippen molar-refractivity contribution in [2.45, 2.75) is 37.5 Å². The Labute approximate surface area is 299 Å². The summed E-state index contributed by atoms with van der Waals surface area (Å²) in [5.74, 6) is 1.18. The van der Waals surface area contributed by atoms with Gasteiger partial charge in [-0.05, 0) is 68.1 Å². The fourth-order valence-electron chi connectivity index (χ4n) is 6.52. The maximum absolute atomic E-state index is 13.4. The standard InChI is InChI=1S/2C20H18FN3O2/c21-17-10-4-8-15(12-17)20(25)24-11-5-9-16(13-24)19-22-18(23-26-19)14-6-2-1-3-7-14;21-17-10-8-15(9-11-17)20(25)24-12-4-7-16(13-24)19-22-18(23-26-19)14-5-2-1-3-6-14/h1-4,6-8,10,12,16H,5,9,11,13H2;1-3,5-6,8-11,16H,4,7,12-13H2. The van der Waals surface area contributed by atoms with Crippen LogP contribution < -0.4 is 0 Å². The van der Waals surface area contributed by atoms with Gasteiger partial charge in [0.15, 0.2) is 0 Å². The smallest absolute Gasteiger partial charge is 0.253 e. The lowest BCUT2D eigenvalue weighted by Crippen LogP contribution is -2.39. The molecular weight excluding hydrogens is 666 g/mol. The molecule has 0 aliphatic carbocycles. The predicted octanol–water partition coefficient (Wildman–Crippen LogP) is 7.79. The van der Waals surface area contributed by atoms with E-state index in [9.17, 15) is 18.4 Å². The Bertz CT molecular complexity index is 2110. The molecule has 2 fully saturated rings. The second-order valence-corrected chi connectivity index (χ2v) is 12.8. The summed E-state index contributed by atoms with van der Waals surface area (Å²) in [4.78, 5) is 37.8. The molecule has 10 nitrogen and oxygen atoms in total. The van der Waals surface area contributed by atoms with Crippen molar-refractivity contribution in [2.24, 2.45) is 0 Å². The first-order valence-corrected chi connectivity index (χ1v) is 17.3. The summed E-state index contributed by atoms with van der Waals surface area (Å²) in [7, 11) is 0. The van der Waals surface area contributed by atoms with Gasteiger partial charge >= 0.3 is 0 Å². The molecule has 264 valence electrons. The van der Waals surface area contributed by atoms with Crippen LogP contribution in [0.25, 0.3) is 22.8 Å². The summed E-state index contributed by atoms with van der Waals surface area (Å²) in [5.41, 5.74) is 2.65. The van der Waals surface area contributed by atoms with Gasteiger partial charge in [0.2, 0.25) is 23.4 Å². The zero-order valence-electron chi connectivity index (χ0n) is 28.3. The Kier molecular flexibility index (Phi) is 10.5. The summed E-state index contributed by atoms with van der Waals surface area (Å²) in [6, 6.07) is 30.7. The third-order valence-electron chi connectivity index (χ3n) is 9.23. The van der Waals surface area contributed by atoms with Gasteiger partial charge < -0.3 is 18.8 Å². The molecule has 0 spiro atoms. The van der Waals surface area contributed by atoms with Crippen molar-refractivity contribution in [1.82, 2.24) is 30.1 Å². The molecule has 2 amide bonds. The quantitative estimate of drug-likeness (QED) is 0.173. The minimum Gasteiger partial charge on any atom is -0.339 e. The molecule has 12 heteroatoms. The zero-order valence-corrected chi connectivity index (χ0v) is 28.3. The van der Waals surface area contributed by atoms with E-state index < -0.39 is 5.82 Å². The van der Waals surface area contributed by atoms with Gasteiger partial charge in [-0.25, -0.2) is 8.78 Å². The molecule has 2 aliphatic heterocycles. The van der Waals surface area contributed by atoms with Crippen molar-refractivity contribution < 1.29 is 27.4 Å². The van der Waals surface area contributed by atoms with Crippen molar-refractivity contribution in [2.75, 3.05) is 26.2 Å². The number of piperidine rings is 2. The van der Waals surface area contributed by atoms with Crippen LogP contribution in [0.3, 0.4) is 0 Å². The van der Waals surface area contributed by atoms with Crippen molar-refractivity contribution in [3.8, 4) is 22.8 Å². The van der Waals surface area contributed by atoms with E-state index in [2.05, 4.69) is 20.3 Å². The fraction of sp³-hybridized carbons (Fsp3) is 0.250. The third-order valence-corrected chi connectivity index (χ3v) is 9.23. The number of hydrogen-bond acceptors (Lipinski definition) is 8. The summed E-state index contributed by atoms with van der Waals surface area (Å²) < 4.78 is 37.4. The van der Waals surface area contributed by atoms with Crippen LogP contribution in [-0.2, 0) is 0 Å². The molecule has 6 aromatic rings. The third kappa shape index (κ3) is 8.12. The first kappa shape index (κ1) is 34.4. The number of rotatable bonds is 6. The van der Waals surface area contributed by atoms with E-state index in [0.29, 0.717) is 60.7 Å². The number of hydrogen-bond donors (Lipinski definition) is 0. The van der Waals surface area contributed by atoms with E-state index in [1.54, 1.807) is 21.9 Å². The summed E-state index contributed by atoms with van der Waals surface area (Å²) in [5, 5.41) is 8.13. The van der Waals surface area contributed by atoms with Crippen LogP contribution in [-0.4, -0.2) is 68.1 Å². The lowest BCUT2D eigenvalue weighted by molar-refractivity contribution is 0.0688. The molecule has 0 N–H and O–H groups in total. The van der Waals surface area contributed by atoms with Crippen molar-refractivity contribution in [3.05, 3.63) is 144 Å². The number of nitrogens with zero attached hydrogens (tertiary/aromatic N) is 6. The number of aromatic nitrogens is 4. The Balaban J connectivity index is 0.000000162. The molecule has 0 saturated carbocycles. The predicted molar refractivity (Wildman–Crippen MR) is 188 cm³/mol. The SMILES string of the molecule is O=C(c1ccc(F)cc1)N1CCCC(c2nc(-c3ccccc3)no2)C1.O=C(c1cccc(F)c1)N1CCCC(c2nc(-c3ccccc3)no2)C1. The molecule has 2 atom stereocenters. The van der Waals surface area contributed by atoms with E-state index in [1.807, 2.05) is 60.7 Å². The van der Waals surface area contributed by atoms with Gasteiger partial charge in [0.1, 0.15) is 11.6 Å².